The summed E-state index contributed by atoms with van der Waals surface area (Å²) in [4.78, 5) is 15.9. The van der Waals surface area contributed by atoms with E-state index in [9.17, 15) is 14.3 Å². The fraction of sp³-hybridized carbons (Fsp3) is 0.333. The lowest BCUT2D eigenvalue weighted by Gasteiger charge is -2.01. The van der Waals surface area contributed by atoms with Crippen molar-refractivity contribution in [3.05, 3.63) is 40.2 Å². The SMILES string of the molecule is Cc1ccc(-c2nc(CC(C)C)c(C(=O)O)s2)cc1F. The van der Waals surface area contributed by atoms with Crippen LogP contribution in [0.1, 0.15) is 34.8 Å². The highest BCUT2D eigenvalue weighted by Gasteiger charge is 2.19. The smallest absolute Gasteiger partial charge is 0.347 e. The molecule has 0 aliphatic heterocycles. The molecular weight excluding hydrogens is 277 g/mol. The Hall–Kier alpha value is -1.75. The predicted octanol–water partition coefficient (Wildman–Crippen LogP) is 4.15. The van der Waals surface area contributed by atoms with E-state index in [-0.39, 0.29) is 10.7 Å². The van der Waals surface area contributed by atoms with Gasteiger partial charge in [-0.1, -0.05) is 26.0 Å². The molecule has 1 N–H and O–H groups in total. The summed E-state index contributed by atoms with van der Waals surface area (Å²) in [6.45, 7) is 5.71. The van der Waals surface area contributed by atoms with Gasteiger partial charge < -0.3 is 5.11 Å². The lowest BCUT2D eigenvalue weighted by molar-refractivity contribution is 0.0700. The van der Waals surface area contributed by atoms with Crippen molar-refractivity contribution in [1.29, 1.82) is 0 Å². The second-order valence-electron chi connectivity index (χ2n) is 5.16. The molecule has 0 spiro atoms. The van der Waals surface area contributed by atoms with Crippen LogP contribution in [-0.2, 0) is 6.42 Å². The largest absolute Gasteiger partial charge is 0.477 e. The summed E-state index contributed by atoms with van der Waals surface area (Å²) in [5, 5.41) is 9.79. The number of aromatic carboxylic acids is 1. The van der Waals surface area contributed by atoms with Crippen molar-refractivity contribution in [1.82, 2.24) is 4.98 Å². The topological polar surface area (TPSA) is 50.2 Å². The normalized spacial score (nSPS) is 11.1. The molecule has 0 amide bonds. The highest BCUT2D eigenvalue weighted by molar-refractivity contribution is 7.17. The van der Waals surface area contributed by atoms with Gasteiger partial charge in [0.05, 0.1) is 5.69 Å². The van der Waals surface area contributed by atoms with Gasteiger partial charge in [0.15, 0.2) is 0 Å². The van der Waals surface area contributed by atoms with Gasteiger partial charge >= 0.3 is 5.97 Å². The van der Waals surface area contributed by atoms with Gasteiger partial charge in [-0.25, -0.2) is 14.2 Å². The first-order valence-electron chi connectivity index (χ1n) is 6.38. The van der Waals surface area contributed by atoms with Crippen LogP contribution in [0.2, 0.25) is 0 Å². The average molecular weight is 293 g/mol. The third-order valence-electron chi connectivity index (χ3n) is 2.91. The molecule has 20 heavy (non-hydrogen) atoms. The molecule has 0 saturated heterocycles. The standard InChI is InChI=1S/C15H16FNO2S/c1-8(2)6-12-13(15(18)19)20-14(17-12)10-5-4-9(3)11(16)7-10/h4-5,7-8H,6H2,1-3H3,(H,18,19). The van der Waals surface area contributed by atoms with E-state index in [0.717, 1.165) is 11.3 Å². The number of hydrogen-bond donors (Lipinski definition) is 1. The summed E-state index contributed by atoms with van der Waals surface area (Å²) in [6, 6.07) is 4.84. The minimum atomic E-state index is -0.975. The zero-order chi connectivity index (χ0) is 14.9. The minimum Gasteiger partial charge on any atom is -0.477 e. The second-order valence-corrected chi connectivity index (χ2v) is 6.16. The van der Waals surface area contributed by atoms with E-state index in [1.807, 2.05) is 13.8 Å². The van der Waals surface area contributed by atoms with Crippen LogP contribution in [0.3, 0.4) is 0 Å². The third-order valence-corrected chi connectivity index (χ3v) is 4.05. The molecule has 2 rings (SSSR count). The Morgan fingerprint density at radius 3 is 2.70 bits per heavy atom. The number of aromatic nitrogens is 1. The summed E-state index contributed by atoms with van der Waals surface area (Å²) in [6.07, 6.45) is 0.604. The van der Waals surface area contributed by atoms with Gasteiger partial charge in [0.1, 0.15) is 15.7 Å². The molecule has 0 unspecified atom stereocenters. The Labute approximate surface area is 121 Å². The maximum Gasteiger partial charge on any atom is 0.347 e. The molecule has 0 atom stereocenters. The van der Waals surface area contributed by atoms with Crippen molar-refractivity contribution in [2.24, 2.45) is 5.92 Å². The average Bonchev–Trinajstić information content (AvgIpc) is 2.76. The Kier molecular flexibility index (Phi) is 4.18. The van der Waals surface area contributed by atoms with Crippen molar-refractivity contribution in [2.45, 2.75) is 27.2 Å². The Balaban J connectivity index is 2.46. The van der Waals surface area contributed by atoms with Gasteiger partial charge in [0.25, 0.3) is 0 Å². The van der Waals surface area contributed by atoms with E-state index < -0.39 is 5.97 Å². The van der Waals surface area contributed by atoms with Gasteiger partial charge in [-0.05, 0) is 30.9 Å². The summed E-state index contributed by atoms with van der Waals surface area (Å²) < 4.78 is 13.6. The van der Waals surface area contributed by atoms with Gasteiger partial charge in [-0.2, -0.15) is 0 Å². The first-order valence-corrected chi connectivity index (χ1v) is 7.19. The van der Waals surface area contributed by atoms with Crippen LogP contribution in [0, 0.1) is 18.7 Å². The van der Waals surface area contributed by atoms with E-state index in [0.29, 0.717) is 34.2 Å². The van der Waals surface area contributed by atoms with E-state index in [1.165, 1.54) is 6.07 Å². The minimum absolute atomic E-state index is 0.245. The van der Waals surface area contributed by atoms with Gasteiger partial charge in [0.2, 0.25) is 0 Å². The van der Waals surface area contributed by atoms with E-state index >= 15 is 0 Å². The van der Waals surface area contributed by atoms with Gasteiger partial charge in [-0.15, -0.1) is 11.3 Å². The fourth-order valence-electron chi connectivity index (χ4n) is 1.89. The van der Waals surface area contributed by atoms with E-state index in [1.54, 1.807) is 19.1 Å². The maximum absolute atomic E-state index is 13.6. The number of benzene rings is 1. The number of hydrogen-bond acceptors (Lipinski definition) is 3. The number of nitrogens with zero attached hydrogens (tertiary/aromatic N) is 1. The van der Waals surface area contributed by atoms with Crippen molar-refractivity contribution < 1.29 is 14.3 Å². The maximum atomic E-state index is 13.6. The van der Waals surface area contributed by atoms with Crippen LogP contribution in [-0.4, -0.2) is 16.1 Å². The molecule has 0 aliphatic carbocycles. The number of thiazole rings is 1. The van der Waals surface area contributed by atoms with Crippen molar-refractivity contribution in [3.8, 4) is 10.6 Å². The molecule has 0 aliphatic rings. The molecule has 3 nitrogen and oxygen atoms in total. The monoisotopic (exact) mass is 293 g/mol. The molecule has 106 valence electrons. The van der Waals surface area contributed by atoms with Crippen LogP contribution >= 0.6 is 11.3 Å². The first-order chi connectivity index (χ1) is 9.38. The van der Waals surface area contributed by atoms with Crippen LogP contribution < -0.4 is 0 Å². The third kappa shape index (κ3) is 3.04. The van der Waals surface area contributed by atoms with Crippen molar-refractivity contribution >= 4 is 17.3 Å². The Bertz CT molecular complexity index is 649. The second kappa shape index (κ2) is 5.71. The van der Waals surface area contributed by atoms with Gasteiger partial charge in [-0.3, -0.25) is 0 Å². The highest BCUT2D eigenvalue weighted by Crippen LogP contribution is 2.30. The van der Waals surface area contributed by atoms with Crippen LogP contribution in [0.15, 0.2) is 18.2 Å². The molecule has 0 radical (unpaired) electrons. The fourth-order valence-corrected chi connectivity index (χ4v) is 2.82. The summed E-state index contributed by atoms with van der Waals surface area (Å²) in [5.41, 5.74) is 1.76. The number of halogens is 1. The number of carboxylic acids is 1. The Morgan fingerprint density at radius 2 is 2.15 bits per heavy atom. The van der Waals surface area contributed by atoms with Crippen molar-refractivity contribution in [2.75, 3.05) is 0 Å². The van der Waals surface area contributed by atoms with Gasteiger partial charge in [0, 0.05) is 5.56 Å². The highest BCUT2D eigenvalue weighted by atomic mass is 32.1. The summed E-state index contributed by atoms with van der Waals surface area (Å²) in [5.74, 6) is -0.963. The lowest BCUT2D eigenvalue weighted by Crippen LogP contribution is -2.02. The van der Waals surface area contributed by atoms with Crippen LogP contribution in [0.25, 0.3) is 10.6 Å². The Morgan fingerprint density at radius 1 is 1.45 bits per heavy atom. The molecule has 1 heterocycles. The molecule has 2 aromatic rings. The van der Waals surface area contributed by atoms with Crippen LogP contribution in [0.4, 0.5) is 4.39 Å². The first kappa shape index (κ1) is 14.7. The molecule has 0 fully saturated rings. The van der Waals surface area contributed by atoms with E-state index in [4.69, 9.17) is 0 Å². The molecule has 1 aromatic carbocycles. The van der Waals surface area contributed by atoms with Crippen LogP contribution in [0.5, 0.6) is 0 Å². The van der Waals surface area contributed by atoms with Crippen molar-refractivity contribution in [3.63, 3.8) is 0 Å². The summed E-state index contributed by atoms with van der Waals surface area (Å²) in [7, 11) is 0. The number of aryl methyl sites for hydroxylation is 1. The zero-order valence-corrected chi connectivity index (χ0v) is 12.4. The zero-order valence-electron chi connectivity index (χ0n) is 11.6. The van der Waals surface area contributed by atoms with E-state index in [2.05, 4.69) is 4.98 Å². The number of carboxylic acid groups (broad SMARTS) is 1. The number of rotatable bonds is 4. The summed E-state index contributed by atoms with van der Waals surface area (Å²) >= 11 is 1.10. The predicted molar refractivity (Wildman–Crippen MR) is 77.7 cm³/mol. The molecule has 1 aromatic heterocycles. The molecule has 0 bridgehead atoms. The molecule has 5 heteroatoms. The number of carbonyl (C=O) groups is 1. The lowest BCUT2D eigenvalue weighted by atomic mass is 10.1. The molecule has 0 saturated carbocycles. The molecular formula is C15H16FNO2S. The quantitative estimate of drug-likeness (QED) is 0.921.